The molecule has 0 aliphatic carbocycles. The van der Waals surface area contributed by atoms with E-state index in [1.807, 2.05) is 0 Å². The van der Waals surface area contributed by atoms with Crippen molar-refractivity contribution in [3.63, 3.8) is 0 Å². The van der Waals surface area contributed by atoms with Crippen molar-refractivity contribution >= 4 is 0 Å². The van der Waals surface area contributed by atoms with Gasteiger partial charge in [0.25, 0.3) is 0 Å². The first kappa shape index (κ1) is 15.8. The van der Waals surface area contributed by atoms with E-state index in [-0.39, 0.29) is 0 Å². The molecule has 0 radical (unpaired) electrons. The minimum atomic E-state index is 0.422. The summed E-state index contributed by atoms with van der Waals surface area (Å²) in [6, 6.07) is 18.3. The van der Waals surface area contributed by atoms with Gasteiger partial charge in [0.1, 0.15) is 0 Å². The average Bonchev–Trinajstić information content (AvgIpc) is 2.53. The molecule has 2 rings (SSSR count). The molecule has 0 aliphatic heterocycles. The van der Waals surface area contributed by atoms with Crippen LogP contribution in [-0.2, 0) is 6.42 Å². The molecule has 1 nitrogen and oxygen atoms in total. The first-order valence-electron chi connectivity index (χ1n) is 8.17. The highest BCUT2D eigenvalue weighted by molar-refractivity contribution is 5.64. The topological polar surface area (TPSA) is 12.0 Å². The van der Waals surface area contributed by atoms with Crippen molar-refractivity contribution in [2.24, 2.45) is 0 Å². The Balaban J connectivity index is 2.13. The predicted octanol–water partition coefficient (Wildman–Crippen LogP) is 5.37. The fourth-order valence-corrected chi connectivity index (χ4v) is 2.64. The van der Waals surface area contributed by atoms with Crippen molar-refractivity contribution < 1.29 is 0 Å². The Morgan fingerprint density at radius 2 is 1.67 bits per heavy atom. The van der Waals surface area contributed by atoms with Gasteiger partial charge in [-0.1, -0.05) is 68.8 Å². The van der Waals surface area contributed by atoms with Crippen LogP contribution in [0.25, 0.3) is 11.1 Å². The number of nitrogens with one attached hydrogen (secondary N) is 1. The Kier molecular flexibility index (Phi) is 6.01. The molecule has 2 aromatic rings. The smallest absolute Gasteiger partial charge is 0.0291 e. The van der Waals surface area contributed by atoms with Gasteiger partial charge in [-0.2, -0.15) is 0 Å². The molecule has 1 heteroatoms. The zero-order valence-corrected chi connectivity index (χ0v) is 13.5. The molecule has 0 saturated heterocycles. The Bertz CT molecular complexity index is 542. The second kappa shape index (κ2) is 7.99. The number of rotatable bonds is 7. The Hall–Kier alpha value is -1.60. The van der Waals surface area contributed by atoms with Crippen LogP contribution in [0.1, 0.15) is 50.8 Å². The van der Waals surface area contributed by atoms with Crippen LogP contribution in [0.2, 0.25) is 0 Å². The van der Waals surface area contributed by atoms with E-state index in [0.29, 0.717) is 6.04 Å². The molecular formula is C20H27N. The number of aryl methyl sites for hydroxylation is 1. The van der Waals surface area contributed by atoms with E-state index in [2.05, 4.69) is 74.6 Å². The minimum Gasteiger partial charge on any atom is -0.310 e. The lowest BCUT2D eigenvalue weighted by atomic mass is 9.99. The van der Waals surface area contributed by atoms with Gasteiger partial charge < -0.3 is 5.32 Å². The zero-order valence-electron chi connectivity index (χ0n) is 13.5. The van der Waals surface area contributed by atoms with Gasteiger partial charge in [0.15, 0.2) is 0 Å². The van der Waals surface area contributed by atoms with Gasteiger partial charge in [-0.25, -0.2) is 0 Å². The molecule has 0 aliphatic rings. The van der Waals surface area contributed by atoms with E-state index in [1.165, 1.54) is 35.1 Å². The van der Waals surface area contributed by atoms with Crippen molar-refractivity contribution in [3.05, 3.63) is 59.7 Å². The van der Waals surface area contributed by atoms with Crippen LogP contribution < -0.4 is 5.32 Å². The van der Waals surface area contributed by atoms with E-state index >= 15 is 0 Å². The van der Waals surface area contributed by atoms with Crippen molar-refractivity contribution in [2.45, 2.75) is 46.1 Å². The molecule has 0 amide bonds. The summed E-state index contributed by atoms with van der Waals surface area (Å²) < 4.78 is 0. The van der Waals surface area contributed by atoms with Crippen LogP contribution in [0.4, 0.5) is 0 Å². The van der Waals surface area contributed by atoms with E-state index in [4.69, 9.17) is 0 Å². The second-order valence-electron chi connectivity index (χ2n) is 5.75. The third-order valence-corrected chi connectivity index (χ3v) is 3.91. The predicted molar refractivity (Wildman–Crippen MR) is 92.6 cm³/mol. The third kappa shape index (κ3) is 4.44. The van der Waals surface area contributed by atoms with Crippen LogP contribution in [-0.4, -0.2) is 6.54 Å². The summed E-state index contributed by atoms with van der Waals surface area (Å²) in [5.41, 5.74) is 5.41. The van der Waals surface area contributed by atoms with Crippen molar-refractivity contribution in [1.82, 2.24) is 5.32 Å². The Labute approximate surface area is 129 Å². The molecule has 21 heavy (non-hydrogen) atoms. The van der Waals surface area contributed by atoms with E-state index < -0.39 is 0 Å². The van der Waals surface area contributed by atoms with Gasteiger partial charge in [0, 0.05) is 6.04 Å². The van der Waals surface area contributed by atoms with Crippen LogP contribution in [0.15, 0.2) is 48.5 Å². The molecule has 0 bridgehead atoms. The summed E-state index contributed by atoms with van der Waals surface area (Å²) in [5, 5.41) is 3.53. The largest absolute Gasteiger partial charge is 0.310 e. The summed E-state index contributed by atoms with van der Waals surface area (Å²) in [5.74, 6) is 0. The highest BCUT2D eigenvalue weighted by atomic mass is 14.9. The van der Waals surface area contributed by atoms with E-state index in [0.717, 1.165) is 13.0 Å². The second-order valence-corrected chi connectivity index (χ2v) is 5.75. The van der Waals surface area contributed by atoms with Gasteiger partial charge in [-0.05, 0) is 48.6 Å². The van der Waals surface area contributed by atoms with Gasteiger partial charge in [-0.15, -0.1) is 0 Å². The lowest BCUT2D eigenvalue weighted by Gasteiger charge is -2.14. The number of benzene rings is 2. The molecule has 112 valence electrons. The van der Waals surface area contributed by atoms with Crippen LogP contribution in [0.5, 0.6) is 0 Å². The average molecular weight is 281 g/mol. The van der Waals surface area contributed by atoms with Crippen LogP contribution in [0.3, 0.4) is 0 Å². The molecule has 0 heterocycles. The van der Waals surface area contributed by atoms with Crippen molar-refractivity contribution in [3.8, 4) is 11.1 Å². The standard InChI is InChI=1S/C20H27N/c1-4-7-17-8-6-9-20(15-17)19-12-10-18(11-13-19)16(3)21-14-5-2/h6,8-13,15-16,21H,4-5,7,14H2,1-3H3. The zero-order chi connectivity index (χ0) is 15.1. The lowest BCUT2D eigenvalue weighted by Crippen LogP contribution is -2.19. The molecule has 1 N–H and O–H groups in total. The summed E-state index contributed by atoms with van der Waals surface area (Å²) in [7, 11) is 0. The van der Waals surface area contributed by atoms with Crippen LogP contribution in [0, 0.1) is 0 Å². The Morgan fingerprint density at radius 1 is 0.905 bits per heavy atom. The molecule has 0 fully saturated rings. The maximum atomic E-state index is 3.53. The molecule has 2 aromatic carbocycles. The molecule has 0 saturated carbocycles. The summed E-state index contributed by atoms with van der Waals surface area (Å²) in [4.78, 5) is 0. The highest BCUT2D eigenvalue weighted by Gasteiger charge is 2.05. The molecule has 1 unspecified atom stereocenters. The fourth-order valence-electron chi connectivity index (χ4n) is 2.64. The first-order valence-corrected chi connectivity index (χ1v) is 8.17. The molecular weight excluding hydrogens is 254 g/mol. The summed E-state index contributed by atoms with van der Waals surface area (Å²) in [6.45, 7) is 7.73. The van der Waals surface area contributed by atoms with Crippen molar-refractivity contribution in [2.75, 3.05) is 6.54 Å². The number of hydrogen-bond acceptors (Lipinski definition) is 1. The van der Waals surface area contributed by atoms with Gasteiger partial charge in [-0.3, -0.25) is 0 Å². The summed E-state index contributed by atoms with van der Waals surface area (Å²) in [6.07, 6.45) is 3.53. The minimum absolute atomic E-state index is 0.422. The molecule has 1 atom stereocenters. The van der Waals surface area contributed by atoms with Gasteiger partial charge in [0.2, 0.25) is 0 Å². The lowest BCUT2D eigenvalue weighted by molar-refractivity contribution is 0.571. The molecule has 0 spiro atoms. The van der Waals surface area contributed by atoms with E-state index in [1.54, 1.807) is 0 Å². The quantitative estimate of drug-likeness (QED) is 0.719. The first-order chi connectivity index (χ1) is 10.2. The highest BCUT2D eigenvalue weighted by Crippen LogP contribution is 2.23. The van der Waals surface area contributed by atoms with Crippen molar-refractivity contribution in [1.29, 1.82) is 0 Å². The van der Waals surface area contributed by atoms with E-state index in [9.17, 15) is 0 Å². The number of hydrogen-bond donors (Lipinski definition) is 1. The third-order valence-electron chi connectivity index (χ3n) is 3.91. The fraction of sp³-hybridized carbons (Fsp3) is 0.400. The van der Waals surface area contributed by atoms with Crippen LogP contribution >= 0.6 is 0 Å². The molecule has 0 aromatic heterocycles. The SMILES string of the molecule is CCCNC(C)c1ccc(-c2cccc(CCC)c2)cc1. The van der Waals surface area contributed by atoms with Gasteiger partial charge in [0.05, 0.1) is 0 Å². The maximum Gasteiger partial charge on any atom is 0.0291 e. The monoisotopic (exact) mass is 281 g/mol. The normalized spacial score (nSPS) is 12.3. The maximum absolute atomic E-state index is 3.53. The Morgan fingerprint density at radius 3 is 2.33 bits per heavy atom. The van der Waals surface area contributed by atoms with Gasteiger partial charge >= 0.3 is 0 Å². The summed E-state index contributed by atoms with van der Waals surface area (Å²) >= 11 is 0.